The molecule has 0 bridgehead atoms. The lowest BCUT2D eigenvalue weighted by Crippen LogP contribution is -2.20. The van der Waals surface area contributed by atoms with E-state index in [1.54, 1.807) is 0 Å². The Labute approximate surface area is 65.5 Å². The molecule has 0 amide bonds. The molecule has 0 aromatic carbocycles. The molecular weight excluding hydrogens is 155 g/mol. The summed E-state index contributed by atoms with van der Waals surface area (Å²) in [6.45, 7) is 0. The van der Waals surface area contributed by atoms with Gasteiger partial charge in [0.25, 0.3) is 0 Å². The van der Waals surface area contributed by atoms with Crippen LogP contribution in [0.4, 0.5) is 0 Å². The normalized spacial score (nSPS) is 46.0. The van der Waals surface area contributed by atoms with E-state index < -0.39 is 0 Å². The lowest BCUT2D eigenvalue weighted by molar-refractivity contribution is 0.455. The maximum Gasteiger partial charge on any atom is 0.121 e. The van der Waals surface area contributed by atoms with Crippen LogP contribution in [-0.2, 0) is 0 Å². The minimum atomic E-state index is -0.344. The molecule has 2 saturated carbocycles. The van der Waals surface area contributed by atoms with Crippen molar-refractivity contribution in [2.75, 3.05) is 0 Å². The molecule has 52 valence electrons. The number of hydrogen-bond donors (Lipinski definition) is 0. The molecule has 2 aliphatic carbocycles. The first-order valence-corrected chi connectivity index (χ1v) is 4.33. The van der Waals surface area contributed by atoms with Crippen molar-refractivity contribution in [1.82, 2.24) is 0 Å². The van der Waals surface area contributed by atoms with Crippen LogP contribution in [0, 0.1) is 11.8 Å². The molecule has 2 atom stereocenters. The van der Waals surface area contributed by atoms with Gasteiger partial charge >= 0.3 is 0 Å². The number of alkyl halides is 2. The highest BCUT2D eigenvalue weighted by atomic mass is 35.5. The molecule has 0 spiro atoms. The van der Waals surface area contributed by atoms with Gasteiger partial charge in [0, 0.05) is 0 Å². The zero-order valence-electron chi connectivity index (χ0n) is 5.24. The molecule has 0 aromatic heterocycles. The molecule has 9 heavy (non-hydrogen) atoms. The minimum Gasteiger partial charge on any atom is -0.101 e. The van der Waals surface area contributed by atoms with Gasteiger partial charge in [0.15, 0.2) is 0 Å². The lowest BCUT2D eigenvalue weighted by atomic mass is 10.00. The van der Waals surface area contributed by atoms with E-state index in [0.717, 1.165) is 12.3 Å². The van der Waals surface area contributed by atoms with Crippen LogP contribution in [0.3, 0.4) is 0 Å². The summed E-state index contributed by atoms with van der Waals surface area (Å²) in [4.78, 5) is 0. The maximum absolute atomic E-state index is 6.03. The maximum atomic E-state index is 6.03. The van der Waals surface area contributed by atoms with Gasteiger partial charge in [-0.15, -0.1) is 23.2 Å². The zero-order chi connectivity index (χ0) is 6.48. The van der Waals surface area contributed by atoms with E-state index in [1.807, 2.05) is 0 Å². The van der Waals surface area contributed by atoms with E-state index in [1.165, 1.54) is 19.3 Å². The lowest BCUT2D eigenvalue weighted by Gasteiger charge is -2.23. The summed E-state index contributed by atoms with van der Waals surface area (Å²) in [5.74, 6) is 1.53. The molecule has 0 aliphatic heterocycles. The van der Waals surface area contributed by atoms with Crippen molar-refractivity contribution in [1.29, 1.82) is 0 Å². The Kier molecular flexibility index (Phi) is 1.26. The number of fused-ring (bicyclic) bond motifs is 1. The summed E-state index contributed by atoms with van der Waals surface area (Å²) in [5, 5.41) is 0. The van der Waals surface area contributed by atoms with E-state index in [4.69, 9.17) is 23.2 Å². The Morgan fingerprint density at radius 2 is 2.11 bits per heavy atom. The molecule has 0 nitrogen and oxygen atoms in total. The molecule has 2 rings (SSSR count). The predicted octanol–water partition coefficient (Wildman–Crippen LogP) is 2.98. The van der Waals surface area contributed by atoms with Crippen molar-refractivity contribution in [3.63, 3.8) is 0 Å². The second-order valence-electron chi connectivity index (χ2n) is 3.26. The molecule has 2 fully saturated rings. The van der Waals surface area contributed by atoms with Crippen LogP contribution in [0.1, 0.15) is 25.7 Å². The number of rotatable bonds is 0. The fraction of sp³-hybridized carbons (Fsp3) is 1.00. The molecule has 0 N–H and O–H groups in total. The Balaban J connectivity index is 2.09. The topological polar surface area (TPSA) is 0 Å². The fourth-order valence-electron chi connectivity index (χ4n) is 1.87. The molecule has 2 aliphatic rings. The molecule has 0 unspecified atom stereocenters. The standard InChI is InChI=1S/C7H10Cl2/c8-7(9)3-1-2-5-4-6(5)7/h5-6H,1-4H2/t5-,6+/m1/s1. The third-order valence-corrected chi connectivity index (χ3v) is 3.49. The summed E-state index contributed by atoms with van der Waals surface area (Å²) >= 11 is 12.1. The van der Waals surface area contributed by atoms with Gasteiger partial charge in [0.1, 0.15) is 4.33 Å². The van der Waals surface area contributed by atoms with Crippen molar-refractivity contribution in [2.24, 2.45) is 11.8 Å². The van der Waals surface area contributed by atoms with Gasteiger partial charge in [0.2, 0.25) is 0 Å². The SMILES string of the molecule is ClC1(Cl)CCC[C@@H]2C[C@@H]21. The van der Waals surface area contributed by atoms with Crippen molar-refractivity contribution in [3.8, 4) is 0 Å². The van der Waals surface area contributed by atoms with E-state index in [-0.39, 0.29) is 4.33 Å². The average molecular weight is 165 g/mol. The number of halogens is 2. The molecule has 2 heteroatoms. The van der Waals surface area contributed by atoms with Gasteiger partial charge in [-0.1, -0.05) is 6.42 Å². The first kappa shape index (κ1) is 6.30. The average Bonchev–Trinajstić information content (AvgIpc) is 2.43. The fourth-order valence-corrected chi connectivity index (χ4v) is 2.67. The summed E-state index contributed by atoms with van der Waals surface area (Å²) in [5.41, 5.74) is 0. The number of hydrogen-bond acceptors (Lipinski definition) is 0. The van der Waals surface area contributed by atoms with Gasteiger partial charge in [-0.3, -0.25) is 0 Å². The van der Waals surface area contributed by atoms with Crippen LogP contribution in [0.2, 0.25) is 0 Å². The van der Waals surface area contributed by atoms with Crippen molar-refractivity contribution in [2.45, 2.75) is 30.0 Å². The van der Waals surface area contributed by atoms with Crippen molar-refractivity contribution in [3.05, 3.63) is 0 Å². The van der Waals surface area contributed by atoms with Crippen LogP contribution >= 0.6 is 23.2 Å². The quantitative estimate of drug-likeness (QED) is 0.484. The first-order valence-electron chi connectivity index (χ1n) is 3.58. The van der Waals surface area contributed by atoms with Gasteiger partial charge in [0.05, 0.1) is 0 Å². The Morgan fingerprint density at radius 3 is 2.67 bits per heavy atom. The summed E-state index contributed by atoms with van der Waals surface area (Å²) < 4.78 is -0.344. The molecule has 0 aromatic rings. The molecule has 0 radical (unpaired) electrons. The van der Waals surface area contributed by atoms with Crippen molar-refractivity contribution < 1.29 is 0 Å². The van der Waals surface area contributed by atoms with Gasteiger partial charge in [-0.25, -0.2) is 0 Å². The zero-order valence-corrected chi connectivity index (χ0v) is 6.75. The van der Waals surface area contributed by atoms with Crippen molar-refractivity contribution >= 4 is 23.2 Å². The Bertz CT molecular complexity index is 131. The van der Waals surface area contributed by atoms with Crippen LogP contribution in [-0.4, -0.2) is 4.33 Å². The van der Waals surface area contributed by atoms with E-state index in [9.17, 15) is 0 Å². The second kappa shape index (κ2) is 1.79. The third-order valence-electron chi connectivity index (χ3n) is 2.55. The van der Waals surface area contributed by atoms with E-state index >= 15 is 0 Å². The monoisotopic (exact) mass is 164 g/mol. The first-order chi connectivity index (χ1) is 4.20. The highest BCUT2D eigenvalue weighted by molar-refractivity contribution is 6.48. The summed E-state index contributed by atoms with van der Waals surface area (Å²) in [6, 6.07) is 0. The Morgan fingerprint density at radius 1 is 1.33 bits per heavy atom. The summed E-state index contributed by atoms with van der Waals surface area (Å²) in [6.07, 6.45) is 4.89. The molecular formula is C7H10Cl2. The molecule has 0 saturated heterocycles. The van der Waals surface area contributed by atoms with E-state index in [2.05, 4.69) is 0 Å². The van der Waals surface area contributed by atoms with Gasteiger partial charge in [-0.2, -0.15) is 0 Å². The van der Waals surface area contributed by atoms with Crippen LogP contribution < -0.4 is 0 Å². The smallest absolute Gasteiger partial charge is 0.101 e. The molecule has 0 heterocycles. The Hall–Kier alpha value is 0.580. The third kappa shape index (κ3) is 0.969. The highest BCUT2D eigenvalue weighted by Gasteiger charge is 2.52. The summed E-state index contributed by atoms with van der Waals surface area (Å²) in [7, 11) is 0. The van der Waals surface area contributed by atoms with Gasteiger partial charge < -0.3 is 0 Å². The second-order valence-corrected chi connectivity index (χ2v) is 4.80. The van der Waals surface area contributed by atoms with Crippen LogP contribution in [0.25, 0.3) is 0 Å². The van der Waals surface area contributed by atoms with Crippen LogP contribution in [0.5, 0.6) is 0 Å². The van der Waals surface area contributed by atoms with Crippen LogP contribution in [0.15, 0.2) is 0 Å². The van der Waals surface area contributed by atoms with E-state index in [0.29, 0.717) is 5.92 Å². The highest BCUT2D eigenvalue weighted by Crippen LogP contribution is 2.59. The minimum absolute atomic E-state index is 0.344. The van der Waals surface area contributed by atoms with Gasteiger partial charge in [-0.05, 0) is 31.1 Å². The largest absolute Gasteiger partial charge is 0.121 e. The predicted molar refractivity (Wildman–Crippen MR) is 39.9 cm³/mol.